The number of β-amino-alcohol motifs (C(OH)–C–C–N with tert-alkyl or cyclic N) is 1. The monoisotopic (exact) mass is 303 g/mol. The second-order valence-corrected chi connectivity index (χ2v) is 5.23. The molecule has 0 radical (unpaired) electrons. The lowest BCUT2D eigenvalue weighted by molar-refractivity contribution is 0.0428. The van der Waals surface area contributed by atoms with Crippen LogP contribution in [-0.2, 0) is 0 Å². The van der Waals surface area contributed by atoms with Crippen molar-refractivity contribution in [2.75, 3.05) is 19.7 Å². The van der Waals surface area contributed by atoms with Gasteiger partial charge in [0.25, 0.3) is 0 Å². The first-order valence-corrected chi connectivity index (χ1v) is 6.96. The van der Waals surface area contributed by atoms with Gasteiger partial charge in [0.15, 0.2) is 11.6 Å². The van der Waals surface area contributed by atoms with Crippen LogP contribution < -0.4 is 4.74 Å². The third-order valence-electron chi connectivity index (χ3n) is 3.65. The topological polar surface area (TPSA) is 32.7 Å². The maximum absolute atomic E-state index is 13.3. The molecular formula is C15H23ClFNO2. The van der Waals surface area contributed by atoms with Crippen molar-refractivity contribution in [1.29, 1.82) is 0 Å². The van der Waals surface area contributed by atoms with Gasteiger partial charge >= 0.3 is 0 Å². The fraction of sp³-hybridized carbons (Fsp3) is 0.600. The Bertz CT molecular complexity index is 405. The number of para-hydroxylation sites is 1. The van der Waals surface area contributed by atoms with Crippen LogP contribution in [0.4, 0.5) is 4.39 Å². The first kappa shape index (κ1) is 17.2. The molecule has 5 heteroatoms. The van der Waals surface area contributed by atoms with Crippen LogP contribution in [-0.4, -0.2) is 41.8 Å². The average Bonchev–Trinajstić information content (AvgIpc) is 2.40. The Labute approximate surface area is 126 Å². The van der Waals surface area contributed by atoms with Gasteiger partial charge in [0.2, 0.25) is 0 Å². The van der Waals surface area contributed by atoms with Crippen LogP contribution in [0.2, 0.25) is 0 Å². The number of hydrogen-bond acceptors (Lipinski definition) is 3. The molecule has 114 valence electrons. The molecule has 0 spiro atoms. The maximum atomic E-state index is 13.3. The Kier molecular flexibility index (Phi) is 7.27. The van der Waals surface area contributed by atoms with Gasteiger partial charge in [-0.3, -0.25) is 4.90 Å². The van der Waals surface area contributed by atoms with Crippen LogP contribution in [0.3, 0.4) is 0 Å². The van der Waals surface area contributed by atoms with E-state index in [4.69, 9.17) is 4.74 Å². The lowest BCUT2D eigenvalue weighted by atomic mass is 10.0. The van der Waals surface area contributed by atoms with E-state index in [0.717, 1.165) is 6.54 Å². The third-order valence-corrected chi connectivity index (χ3v) is 3.65. The Morgan fingerprint density at radius 1 is 1.40 bits per heavy atom. The van der Waals surface area contributed by atoms with Gasteiger partial charge < -0.3 is 9.84 Å². The van der Waals surface area contributed by atoms with E-state index in [1.807, 2.05) is 0 Å². The summed E-state index contributed by atoms with van der Waals surface area (Å²) in [6.07, 6.45) is 3.05. The molecule has 2 unspecified atom stereocenters. The summed E-state index contributed by atoms with van der Waals surface area (Å²) in [6.45, 7) is 3.93. The molecule has 1 fully saturated rings. The lowest BCUT2D eigenvalue weighted by Gasteiger charge is -2.34. The second-order valence-electron chi connectivity index (χ2n) is 5.23. The van der Waals surface area contributed by atoms with Crippen molar-refractivity contribution >= 4 is 12.4 Å². The number of hydrogen-bond donors (Lipinski definition) is 1. The molecule has 0 aliphatic carbocycles. The van der Waals surface area contributed by atoms with E-state index in [1.54, 1.807) is 18.2 Å². The van der Waals surface area contributed by atoms with E-state index in [1.165, 1.54) is 25.3 Å². The predicted octanol–water partition coefficient (Wildman–Crippen LogP) is 2.86. The van der Waals surface area contributed by atoms with Crippen molar-refractivity contribution in [2.45, 2.75) is 38.3 Å². The van der Waals surface area contributed by atoms with E-state index in [-0.39, 0.29) is 30.6 Å². The normalized spacial score (nSPS) is 21.1. The highest BCUT2D eigenvalue weighted by molar-refractivity contribution is 5.85. The van der Waals surface area contributed by atoms with Gasteiger partial charge in [-0.15, -0.1) is 12.4 Å². The molecule has 3 nitrogen and oxygen atoms in total. The molecule has 0 bridgehead atoms. The highest BCUT2D eigenvalue weighted by Crippen LogP contribution is 2.18. The van der Waals surface area contributed by atoms with E-state index in [9.17, 15) is 9.50 Å². The second kappa shape index (κ2) is 8.45. The standard InChI is InChI=1S/C15H22FNO2.ClH/c1-12-6-4-5-9-17(12)10-13(18)11-19-15-8-3-2-7-14(15)16;/h2-3,7-8,12-13,18H,4-6,9-11H2,1H3;1H. The van der Waals surface area contributed by atoms with Crippen LogP contribution in [0, 0.1) is 5.82 Å². The smallest absolute Gasteiger partial charge is 0.165 e. The van der Waals surface area contributed by atoms with Crippen LogP contribution >= 0.6 is 12.4 Å². The molecule has 0 saturated carbocycles. The van der Waals surface area contributed by atoms with Crippen molar-refractivity contribution in [3.63, 3.8) is 0 Å². The molecule has 1 aliphatic rings. The summed E-state index contributed by atoms with van der Waals surface area (Å²) in [5, 5.41) is 9.98. The molecule has 2 rings (SSSR count). The molecule has 2 atom stereocenters. The number of likely N-dealkylation sites (tertiary alicyclic amines) is 1. The Balaban J connectivity index is 0.00000200. The van der Waals surface area contributed by atoms with E-state index in [0.29, 0.717) is 12.6 Å². The number of aliphatic hydroxyl groups is 1. The number of halogens is 2. The Hall–Kier alpha value is -0.840. The van der Waals surface area contributed by atoms with Gasteiger partial charge in [0, 0.05) is 12.6 Å². The van der Waals surface area contributed by atoms with Gasteiger partial charge in [-0.2, -0.15) is 0 Å². The fourth-order valence-electron chi connectivity index (χ4n) is 2.50. The van der Waals surface area contributed by atoms with Gasteiger partial charge in [0.05, 0.1) is 0 Å². The number of rotatable bonds is 5. The Morgan fingerprint density at radius 3 is 2.85 bits per heavy atom. The minimum absolute atomic E-state index is 0. The highest BCUT2D eigenvalue weighted by atomic mass is 35.5. The summed E-state index contributed by atoms with van der Waals surface area (Å²) in [6, 6.07) is 6.78. The average molecular weight is 304 g/mol. The van der Waals surface area contributed by atoms with Crippen molar-refractivity contribution in [2.24, 2.45) is 0 Å². The quantitative estimate of drug-likeness (QED) is 0.908. The summed E-state index contributed by atoms with van der Waals surface area (Å²) in [5.74, 6) is -0.186. The third kappa shape index (κ3) is 4.93. The number of aliphatic hydroxyl groups excluding tert-OH is 1. The van der Waals surface area contributed by atoms with E-state index >= 15 is 0 Å². The zero-order valence-corrected chi connectivity index (χ0v) is 12.6. The van der Waals surface area contributed by atoms with Crippen molar-refractivity contribution in [3.05, 3.63) is 30.1 Å². The zero-order valence-electron chi connectivity index (χ0n) is 11.8. The zero-order chi connectivity index (χ0) is 13.7. The summed E-state index contributed by atoms with van der Waals surface area (Å²) in [4.78, 5) is 2.28. The molecule has 1 heterocycles. The van der Waals surface area contributed by atoms with Crippen molar-refractivity contribution in [3.8, 4) is 5.75 Å². The summed E-state index contributed by atoms with van der Waals surface area (Å²) in [5.41, 5.74) is 0. The Morgan fingerprint density at radius 2 is 2.15 bits per heavy atom. The van der Waals surface area contributed by atoms with Crippen molar-refractivity contribution in [1.82, 2.24) is 4.90 Å². The largest absolute Gasteiger partial charge is 0.488 e. The summed E-state index contributed by atoms with van der Waals surface area (Å²) < 4.78 is 18.7. The minimum atomic E-state index is -0.583. The van der Waals surface area contributed by atoms with Crippen LogP contribution in [0.5, 0.6) is 5.75 Å². The predicted molar refractivity (Wildman–Crippen MR) is 80.0 cm³/mol. The van der Waals surface area contributed by atoms with Gasteiger partial charge in [-0.05, 0) is 38.4 Å². The molecule has 1 aromatic carbocycles. The molecule has 1 aromatic rings. The molecule has 1 N–H and O–H groups in total. The summed E-state index contributed by atoms with van der Waals surface area (Å²) in [7, 11) is 0. The minimum Gasteiger partial charge on any atom is -0.488 e. The number of nitrogens with zero attached hydrogens (tertiary/aromatic N) is 1. The first-order valence-electron chi connectivity index (χ1n) is 6.96. The molecule has 1 aliphatic heterocycles. The first-order chi connectivity index (χ1) is 9.16. The lowest BCUT2D eigenvalue weighted by Crippen LogP contribution is -2.43. The number of ether oxygens (including phenoxy) is 1. The van der Waals surface area contributed by atoms with Crippen LogP contribution in [0.15, 0.2) is 24.3 Å². The summed E-state index contributed by atoms with van der Waals surface area (Å²) >= 11 is 0. The SMILES string of the molecule is CC1CCCCN1CC(O)COc1ccccc1F.Cl. The van der Waals surface area contributed by atoms with Crippen LogP contribution in [0.25, 0.3) is 0 Å². The van der Waals surface area contributed by atoms with Crippen molar-refractivity contribution < 1.29 is 14.2 Å². The van der Waals surface area contributed by atoms with Gasteiger partial charge in [-0.25, -0.2) is 4.39 Å². The number of benzene rings is 1. The van der Waals surface area contributed by atoms with Gasteiger partial charge in [0.1, 0.15) is 12.7 Å². The fourth-order valence-corrected chi connectivity index (χ4v) is 2.50. The molecule has 0 aromatic heterocycles. The number of piperidine rings is 1. The molecule has 20 heavy (non-hydrogen) atoms. The van der Waals surface area contributed by atoms with E-state index in [2.05, 4.69) is 11.8 Å². The maximum Gasteiger partial charge on any atom is 0.165 e. The molecule has 0 amide bonds. The molecular weight excluding hydrogens is 281 g/mol. The highest BCUT2D eigenvalue weighted by Gasteiger charge is 2.21. The van der Waals surface area contributed by atoms with E-state index < -0.39 is 6.10 Å². The van der Waals surface area contributed by atoms with Gasteiger partial charge in [-0.1, -0.05) is 18.6 Å². The molecule has 1 saturated heterocycles. The van der Waals surface area contributed by atoms with Crippen LogP contribution in [0.1, 0.15) is 26.2 Å².